The number of ether oxygens (including phenoxy) is 1. The van der Waals surface area contributed by atoms with Crippen LogP contribution in [0.15, 0.2) is 77.4 Å². The minimum Gasteiger partial charge on any atom is -0.494 e. The molecule has 1 aliphatic rings. The van der Waals surface area contributed by atoms with E-state index in [9.17, 15) is 9.59 Å². The fourth-order valence-electron chi connectivity index (χ4n) is 3.64. The van der Waals surface area contributed by atoms with Crippen LogP contribution in [-0.2, 0) is 16.1 Å². The molecule has 2 aromatic carbocycles. The third-order valence-corrected chi connectivity index (χ3v) is 5.65. The van der Waals surface area contributed by atoms with Gasteiger partial charge in [0.2, 0.25) is 5.91 Å². The molecule has 3 aromatic rings. The largest absolute Gasteiger partial charge is 0.494 e. The van der Waals surface area contributed by atoms with Crippen molar-refractivity contribution in [2.24, 2.45) is 0 Å². The molecular formula is C25H25N3O4S. The van der Waals surface area contributed by atoms with Gasteiger partial charge in [0.1, 0.15) is 17.6 Å². The Kier molecular flexibility index (Phi) is 7.04. The van der Waals surface area contributed by atoms with Crippen molar-refractivity contribution in [1.82, 2.24) is 4.90 Å². The first-order chi connectivity index (χ1) is 16.1. The molecule has 1 aromatic heterocycles. The van der Waals surface area contributed by atoms with Crippen LogP contribution in [0.1, 0.15) is 25.5 Å². The molecule has 0 unspecified atom stereocenters. The maximum Gasteiger partial charge on any atom is 0.256 e. The number of hydrogen-bond donors (Lipinski definition) is 1. The van der Waals surface area contributed by atoms with Crippen molar-refractivity contribution in [1.29, 1.82) is 0 Å². The summed E-state index contributed by atoms with van der Waals surface area (Å²) >= 11 is 5.65. The second kappa shape index (κ2) is 10.3. The van der Waals surface area contributed by atoms with Gasteiger partial charge < -0.3 is 19.4 Å². The highest BCUT2D eigenvalue weighted by Gasteiger charge is 2.44. The van der Waals surface area contributed by atoms with E-state index < -0.39 is 6.04 Å². The zero-order chi connectivity index (χ0) is 23.2. The minimum absolute atomic E-state index is 0.0445. The zero-order valence-corrected chi connectivity index (χ0v) is 19.1. The molecule has 0 saturated carbocycles. The number of thiocarbonyl (C=S) groups is 1. The summed E-state index contributed by atoms with van der Waals surface area (Å²) in [5, 5.41) is 3.21. The summed E-state index contributed by atoms with van der Waals surface area (Å²) in [6.07, 6.45) is 2.45. The third-order valence-electron chi connectivity index (χ3n) is 5.23. The lowest BCUT2D eigenvalue weighted by molar-refractivity contribution is -0.124. The average Bonchev–Trinajstić information content (AvgIpc) is 3.42. The second-order valence-electron chi connectivity index (χ2n) is 7.64. The Labute approximate surface area is 197 Å². The van der Waals surface area contributed by atoms with Crippen molar-refractivity contribution in [2.45, 2.75) is 32.4 Å². The molecule has 33 heavy (non-hydrogen) atoms. The molecule has 2 heterocycles. The van der Waals surface area contributed by atoms with E-state index in [2.05, 4.69) is 5.32 Å². The van der Waals surface area contributed by atoms with Crippen LogP contribution in [0.5, 0.6) is 5.75 Å². The lowest BCUT2D eigenvalue weighted by Crippen LogP contribution is -2.37. The first-order valence-electron chi connectivity index (χ1n) is 10.8. The average molecular weight is 464 g/mol. The molecule has 170 valence electrons. The van der Waals surface area contributed by atoms with Gasteiger partial charge in [-0.3, -0.25) is 14.5 Å². The van der Waals surface area contributed by atoms with Gasteiger partial charge in [0.15, 0.2) is 5.11 Å². The maximum absolute atomic E-state index is 13.4. The standard InChI is InChI=1S/C25H25N3O4S/c1-2-14-31-20-12-10-18(11-13-20)26-23(29)16-22-24(30)28(19-7-4-3-5-8-19)25(33)27(22)17-21-9-6-15-32-21/h3-13,15,22H,2,14,16-17H2,1H3,(H,26,29)/t22-/m0/s1. The highest BCUT2D eigenvalue weighted by molar-refractivity contribution is 7.80. The summed E-state index contributed by atoms with van der Waals surface area (Å²) in [6, 6.07) is 19.2. The Morgan fingerprint density at radius 3 is 2.52 bits per heavy atom. The molecule has 1 aliphatic heterocycles. The molecule has 1 saturated heterocycles. The Morgan fingerprint density at radius 2 is 1.85 bits per heavy atom. The van der Waals surface area contributed by atoms with Crippen LogP contribution in [-0.4, -0.2) is 34.5 Å². The maximum atomic E-state index is 13.4. The van der Waals surface area contributed by atoms with Gasteiger partial charge in [-0.2, -0.15) is 0 Å². The number of benzene rings is 2. The topological polar surface area (TPSA) is 75.0 Å². The first-order valence-corrected chi connectivity index (χ1v) is 11.2. The van der Waals surface area contributed by atoms with E-state index >= 15 is 0 Å². The lowest BCUT2D eigenvalue weighted by atomic mass is 10.1. The molecule has 1 N–H and O–H groups in total. The van der Waals surface area contributed by atoms with Crippen molar-refractivity contribution < 1.29 is 18.7 Å². The molecule has 4 rings (SSSR count). The summed E-state index contributed by atoms with van der Waals surface area (Å²) in [6.45, 7) is 2.97. The van der Waals surface area contributed by atoms with E-state index in [1.807, 2.05) is 55.5 Å². The van der Waals surface area contributed by atoms with Gasteiger partial charge in [-0.25, -0.2) is 0 Å². The van der Waals surface area contributed by atoms with Crippen molar-refractivity contribution in [3.63, 3.8) is 0 Å². The van der Waals surface area contributed by atoms with Crippen molar-refractivity contribution >= 4 is 40.5 Å². The third kappa shape index (κ3) is 5.23. The van der Waals surface area contributed by atoms with Crippen LogP contribution in [0.3, 0.4) is 0 Å². The minimum atomic E-state index is -0.741. The smallest absolute Gasteiger partial charge is 0.256 e. The number of nitrogens with one attached hydrogen (secondary N) is 1. The van der Waals surface area contributed by atoms with E-state index in [1.54, 1.807) is 29.4 Å². The SMILES string of the molecule is CCCOc1ccc(NC(=O)C[C@H]2C(=O)N(c3ccccc3)C(=S)N2Cc2ccco2)cc1. The number of carbonyl (C=O) groups excluding carboxylic acids is 2. The fraction of sp³-hybridized carbons (Fsp3) is 0.240. The van der Waals surface area contributed by atoms with Gasteiger partial charge in [-0.05, 0) is 67.2 Å². The summed E-state index contributed by atoms with van der Waals surface area (Å²) < 4.78 is 11.0. The number of furan rings is 1. The number of hydrogen-bond acceptors (Lipinski definition) is 5. The van der Waals surface area contributed by atoms with E-state index in [1.165, 1.54) is 4.90 Å². The zero-order valence-electron chi connectivity index (χ0n) is 18.3. The van der Waals surface area contributed by atoms with Crippen LogP contribution in [0.2, 0.25) is 0 Å². The molecule has 8 heteroatoms. The number of nitrogens with zero attached hydrogens (tertiary/aromatic N) is 2. The molecule has 1 fully saturated rings. The van der Waals surface area contributed by atoms with E-state index in [0.717, 1.165) is 12.2 Å². The predicted molar refractivity (Wildman–Crippen MR) is 130 cm³/mol. The van der Waals surface area contributed by atoms with E-state index in [4.69, 9.17) is 21.4 Å². The van der Waals surface area contributed by atoms with Gasteiger partial charge in [0.25, 0.3) is 5.91 Å². The highest BCUT2D eigenvalue weighted by atomic mass is 32.1. The Hall–Kier alpha value is -3.65. The van der Waals surface area contributed by atoms with Crippen LogP contribution < -0.4 is 15.0 Å². The highest BCUT2D eigenvalue weighted by Crippen LogP contribution is 2.29. The normalized spacial score (nSPS) is 15.7. The number of anilines is 2. The van der Waals surface area contributed by atoms with Crippen molar-refractivity contribution in [3.8, 4) is 5.75 Å². The lowest BCUT2D eigenvalue weighted by Gasteiger charge is -2.22. The molecule has 0 spiro atoms. The summed E-state index contributed by atoms with van der Waals surface area (Å²) in [5.41, 5.74) is 1.30. The van der Waals surface area contributed by atoms with Crippen molar-refractivity contribution in [3.05, 3.63) is 78.8 Å². The molecule has 1 atom stereocenters. The van der Waals surface area contributed by atoms with Gasteiger partial charge >= 0.3 is 0 Å². The number of para-hydroxylation sites is 1. The number of carbonyl (C=O) groups is 2. The van der Waals surface area contributed by atoms with Crippen LogP contribution in [0.4, 0.5) is 11.4 Å². The van der Waals surface area contributed by atoms with Crippen LogP contribution in [0.25, 0.3) is 0 Å². The molecule has 7 nitrogen and oxygen atoms in total. The van der Waals surface area contributed by atoms with Gasteiger partial charge in [-0.1, -0.05) is 25.1 Å². The van der Waals surface area contributed by atoms with E-state index in [0.29, 0.717) is 35.4 Å². The monoisotopic (exact) mass is 463 g/mol. The summed E-state index contributed by atoms with van der Waals surface area (Å²) in [5.74, 6) is 0.886. The van der Waals surface area contributed by atoms with Gasteiger partial charge in [-0.15, -0.1) is 0 Å². The second-order valence-corrected chi connectivity index (χ2v) is 8.01. The molecular weight excluding hydrogens is 438 g/mol. The Morgan fingerprint density at radius 1 is 1.09 bits per heavy atom. The summed E-state index contributed by atoms with van der Waals surface area (Å²) in [4.78, 5) is 29.4. The fourth-order valence-corrected chi connectivity index (χ4v) is 4.03. The van der Waals surface area contributed by atoms with Crippen LogP contribution in [0, 0.1) is 0 Å². The van der Waals surface area contributed by atoms with Gasteiger partial charge in [0, 0.05) is 5.69 Å². The molecule has 0 radical (unpaired) electrons. The number of amides is 2. The predicted octanol–water partition coefficient (Wildman–Crippen LogP) is 4.60. The Bertz CT molecular complexity index is 1100. The number of rotatable bonds is 9. The van der Waals surface area contributed by atoms with Crippen molar-refractivity contribution in [2.75, 3.05) is 16.8 Å². The summed E-state index contributed by atoms with van der Waals surface area (Å²) in [7, 11) is 0. The first kappa shape index (κ1) is 22.5. The van der Waals surface area contributed by atoms with Gasteiger partial charge in [0.05, 0.1) is 31.5 Å². The molecule has 0 bridgehead atoms. The molecule has 0 aliphatic carbocycles. The van der Waals surface area contributed by atoms with Crippen LogP contribution >= 0.6 is 12.2 Å². The Balaban J connectivity index is 1.50. The molecule has 2 amide bonds. The quantitative estimate of drug-likeness (QED) is 0.468. The van der Waals surface area contributed by atoms with E-state index in [-0.39, 0.29) is 18.2 Å².